The van der Waals surface area contributed by atoms with Crippen LogP contribution in [0.25, 0.3) is 0 Å². The Balaban J connectivity index is 1.40. The van der Waals surface area contributed by atoms with E-state index in [4.69, 9.17) is 18.3 Å². The van der Waals surface area contributed by atoms with Crippen LogP contribution in [-0.2, 0) is 18.3 Å². The highest BCUT2D eigenvalue weighted by Gasteiger charge is 2.54. The van der Waals surface area contributed by atoms with Gasteiger partial charge in [-0.15, -0.1) is 13.2 Å². The number of rotatable bonds is 16. The van der Waals surface area contributed by atoms with Crippen LogP contribution < -0.4 is 20.7 Å². The monoisotopic (exact) mass is 786 g/mol. The molecule has 0 spiro atoms. The molecule has 2 aliphatic rings. The molecule has 2 fully saturated rings. The second-order valence-electron chi connectivity index (χ2n) is 18.3. The lowest BCUT2D eigenvalue weighted by molar-refractivity contribution is -0.122. The van der Waals surface area contributed by atoms with Crippen LogP contribution in [0.1, 0.15) is 67.2 Å². The molecule has 0 heterocycles. The molecule has 298 valence electrons. The predicted octanol–water partition coefficient (Wildman–Crippen LogP) is 9.33. The highest BCUT2D eigenvalue weighted by atomic mass is 28.4. The maximum Gasteiger partial charge on any atom is 0.261 e. The summed E-state index contributed by atoms with van der Waals surface area (Å²) in [6, 6.07) is 44.3. The van der Waals surface area contributed by atoms with Gasteiger partial charge in [-0.05, 0) is 80.2 Å². The molecular formula is C50H66O4Si2. The summed E-state index contributed by atoms with van der Waals surface area (Å²) in [5.74, 6) is 1.68. The Morgan fingerprint density at radius 1 is 0.482 bits per heavy atom. The number of hydrogen-bond acceptors (Lipinski definition) is 4. The fraction of sp³-hybridized carbons (Fsp3) is 0.440. The lowest BCUT2D eigenvalue weighted by atomic mass is 9.62. The molecule has 0 aromatic heterocycles. The van der Waals surface area contributed by atoms with Gasteiger partial charge >= 0.3 is 0 Å². The Morgan fingerprint density at radius 3 is 1.02 bits per heavy atom. The molecule has 0 amide bonds. The molecule has 0 radical (unpaired) electrons. The molecule has 4 aromatic rings. The maximum atomic E-state index is 7.76. The van der Waals surface area contributed by atoms with Gasteiger partial charge < -0.3 is 18.3 Å². The third-order valence-electron chi connectivity index (χ3n) is 12.7. The van der Waals surface area contributed by atoms with Crippen molar-refractivity contribution in [1.29, 1.82) is 0 Å². The van der Waals surface area contributed by atoms with E-state index in [1.54, 1.807) is 0 Å². The summed E-state index contributed by atoms with van der Waals surface area (Å²) in [5, 5.41) is 5.10. The van der Waals surface area contributed by atoms with Gasteiger partial charge in [0.25, 0.3) is 16.6 Å². The second kappa shape index (κ2) is 18.5. The van der Waals surface area contributed by atoms with Crippen LogP contribution in [0, 0.1) is 23.7 Å². The summed E-state index contributed by atoms with van der Waals surface area (Å²) >= 11 is 0. The van der Waals surface area contributed by atoms with Crippen molar-refractivity contribution in [3.8, 4) is 0 Å². The largest absolute Gasteiger partial charge is 0.407 e. The first-order chi connectivity index (χ1) is 26.9. The molecule has 0 unspecified atom stereocenters. The van der Waals surface area contributed by atoms with Gasteiger partial charge in [0, 0.05) is 13.2 Å². The van der Waals surface area contributed by atoms with Gasteiger partial charge in [-0.1, -0.05) is 175 Å². The highest BCUT2D eigenvalue weighted by molar-refractivity contribution is 7.00. The molecule has 6 rings (SSSR count). The Hall–Kier alpha value is -3.37. The van der Waals surface area contributed by atoms with Crippen molar-refractivity contribution in [2.24, 2.45) is 23.7 Å². The van der Waals surface area contributed by atoms with E-state index in [-0.39, 0.29) is 22.3 Å². The normalized spacial score (nSPS) is 23.2. The summed E-state index contributed by atoms with van der Waals surface area (Å²) < 4.78 is 28.4. The molecule has 4 aromatic carbocycles. The summed E-state index contributed by atoms with van der Waals surface area (Å²) in [6.07, 6.45) is 7.93. The van der Waals surface area contributed by atoms with E-state index in [0.717, 1.165) is 25.7 Å². The SMILES string of the molecule is C=CCO[C@@H]1C[C@H]2C[C@H](CO[Si](c3ccccc3)(c3ccccc3)C(C)(C)C)[C@@H](CO[Si](c3ccccc3)(c3ccccc3)C(C)(C)C)C[C@H]2C[C@H]1OCC=C. The number of hydrogen-bond donors (Lipinski definition) is 0. The first kappa shape index (κ1) is 42.2. The van der Waals surface area contributed by atoms with E-state index < -0.39 is 16.6 Å². The standard InChI is InChI=1S/C50H66O4Si2/c1-9-31-51-47-35-39-33-41(37-53-55(49(3,4)5,43-23-15-11-16-24-43)44-25-17-12-18-26-44)42(34-40(39)36-48(47)52-32-10-2)38-54-56(50(6,7)8,45-27-19-13-20-28-45)46-29-21-14-22-30-46/h9-30,39-42,47-48H,1-2,31-38H2,3-8H3/t39-,40+,41-,42-,47-,48-/m1/s1. The van der Waals surface area contributed by atoms with Crippen LogP contribution in [0.4, 0.5) is 0 Å². The third kappa shape index (κ3) is 8.86. The van der Waals surface area contributed by atoms with Crippen molar-refractivity contribution in [3.63, 3.8) is 0 Å². The van der Waals surface area contributed by atoms with Crippen molar-refractivity contribution >= 4 is 37.4 Å². The Morgan fingerprint density at radius 2 is 0.768 bits per heavy atom. The minimum Gasteiger partial charge on any atom is -0.407 e. The van der Waals surface area contributed by atoms with Crippen molar-refractivity contribution in [2.45, 2.75) is 89.5 Å². The molecule has 2 saturated carbocycles. The minimum absolute atomic E-state index is 0.0392. The molecular weight excluding hydrogens is 721 g/mol. The summed E-state index contributed by atoms with van der Waals surface area (Å²) in [6.45, 7) is 24.6. The molecule has 6 heteroatoms. The maximum absolute atomic E-state index is 7.76. The molecule has 4 nitrogen and oxygen atoms in total. The van der Waals surface area contributed by atoms with Gasteiger partial charge in [0.15, 0.2) is 0 Å². The molecule has 0 bridgehead atoms. The highest BCUT2D eigenvalue weighted by Crippen LogP contribution is 2.49. The first-order valence-electron chi connectivity index (χ1n) is 20.9. The van der Waals surface area contributed by atoms with Gasteiger partial charge in [0.2, 0.25) is 0 Å². The van der Waals surface area contributed by atoms with Crippen LogP contribution in [-0.4, -0.2) is 55.3 Å². The molecule has 6 atom stereocenters. The zero-order valence-corrected chi connectivity index (χ0v) is 36.9. The van der Waals surface area contributed by atoms with Crippen molar-refractivity contribution in [2.75, 3.05) is 26.4 Å². The van der Waals surface area contributed by atoms with Crippen molar-refractivity contribution in [1.82, 2.24) is 0 Å². The van der Waals surface area contributed by atoms with Crippen LogP contribution in [0.15, 0.2) is 147 Å². The lowest BCUT2D eigenvalue weighted by Crippen LogP contribution is -2.67. The van der Waals surface area contributed by atoms with E-state index in [9.17, 15) is 0 Å². The average molecular weight is 787 g/mol. The van der Waals surface area contributed by atoms with Gasteiger partial charge in [0.05, 0.1) is 25.4 Å². The Kier molecular flexibility index (Phi) is 13.9. The van der Waals surface area contributed by atoms with Crippen molar-refractivity contribution in [3.05, 3.63) is 147 Å². The summed E-state index contributed by atoms with van der Waals surface area (Å²) in [4.78, 5) is 0. The Labute approximate surface area is 340 Å². The zero-order chi connectivity index (χ0) is 39.8. The Bertz CT molecular complexity index is 1590. The van der Waals surface area contributed by atoms with Crippen LogP contribution in [0.5, 0.6) is 0 Å². The second-order valence-corrected chi connectivity index (χ2v) is 26.9. The number of ether oxygens (including phenoxy) is 2. The zero-order valence-electron chi connectivity index (χ0n) is 34.9. The lowest BCUT2D eigenvalue weighted by Gasteiger charge is -2.50. The fourth-order valence-electron chi connectivity index (χ4n) is 10.2. The third-order valence-corrected chi connectivity index (χ3v) is 22.8. The van der Waals surface area contributed by atoms with Crippen LogP contribution >= 0.6 is 0 Å². The average Bonchev–Trinajstić information content (AvgIpc) is 3.20. The van der Waals surface area contributed by atoms with E-state index in [1.165, 1.54) is 20.7 Å². The van der Waals surface area contributed by atoms with Gasteiger partial charge in [0.1, 0.15) is 0 Å². The summed E-state index contributed by atoms with van der Waals surface area (Å²) in [5.41, 5.74) is 0. The predicted molar refractivity (Wildman–Crippen MR) is 239 cm³/mol. The van der Waals surface area contributed by atoms with Crippen LogP contribution in [0.2, 0.25) is 10.1 Å². The number of benzene rings is 4. The molecule has 0 N–H and O–H groups in total. The molecule has 56 heavy (non-hydrogen) atoms. The topological polar surface area (TPSA) is 36.9 Å². The van der Waals surface area contributed by atoms with E-state index in [1.807, 2.05) is 12.2 Å². The minimum atomic E-state index is -2.76. The van der Waals surface area contributed by atoms with Gasteiger partial charge in [-0.2, -0.15) is 0 Å². The first-order valence-corrected chi connectivity index (χ1v) is 24.7. The number of fused-ring (bicyclic) bond motifs is 1. The smallest absolute Gasteiger partial charge is 0.261 e. The molecule has 0 saturated heterocycles. The van der Waals surface area contributed by atoms with Crippen molar-refractivity contribution < 1.29 is 18.3 Å². The summed E-state index contributed by atoms with van der Waals surface area (Å²) in [7, 11) is -5.51. The van der Waals surface area contributed by atoms with E-state index in [0.29, 0.717) is 50.1 Å². The molecule has 2 aliphatic carbocycles. The van der Waals surface area contributed by atoms with Crippen LogP contribution in [0.3, 0.4) is 0 Å². The fourth-order valence-corrected chi connectivity index (χ4v) is 19.4. The van der Waals surface area contributed by atoms with E-state index in [2.05, 4.69) is 176 Å². The van der Waals surface area contributed by atoms with E-state index >= 15 is 0 Å². The van der Waals surface area contributed by atoms with Gasteiger partial charge in [-0.3, -0.25) is 0 Å². The van der Waals surface area contributed by atoms with Gasteiger partial charge in [-0.25, -0.2) is 0 Å². The molecule has 0 aliphatic heterocycles. The quantitative estimate of drug-likeness (QED) is 0.0839.